The molecule has 3 heteroatoms. The summed E-state index contributed by atoms with van der Waals surface area (Å²) in [5, 5.41) is 9.04. The topological polar surface area (TPSA) is 49.5 Å². The highest BCUT2D eigenvalue weighted by molar-refractivity contribution is 4.84. The van der Waals surface area contributed by atoms with Gasteiger partial charge in [0, 0.05) is 11.6 Å². The van der Waals surface area contributed by atoms with Crippen molar-refractivity contribution in [3.8, 4) is 0 Å². The van der Waals surface area contributed by atoms with Crippen molar-refractivity contribution in [3.05, 3.63) is 0 Å². The Kier molecular flexibility index (Phi) is 3.71. The van der Waals surface area contributed by atoms with E-state index in [1.54, 1.807) is 0 Å². The predicted octanol–water partition coefficient (Wildman–Crippen LogP) is 0.570. The second-order valence-corrected chi connectivity index (χ2v) is 4.61. The minimum atomic E-state index is -0.415. The van der Waals surface area contributed by atoms with E-state index in [0.29, 0.717) is 6.04 Å². The number of nitrogens with two attached hydrogens (primary N) is 1. The quantitative estimate of drug-likeness (QED) is 0.675. The first-order valence-electron chi connectivity index (χ1n) is 5.19. The fraction of sp³-hybridized carbons (Fsp3) is 1.00. The Morgan fingerprint density at radius 1 is 1.46 bits per heavy atom. The summed E-state index contributed by atoms with van der Waals surface area (Å²) in [6, 6.07) is 0.504. The van der Waals surface area contributed by atoms with Gasteiger partial charge in [-0.2, -0.15) is 0 Å². The van der Waals surface area contributed by atoms with Crippen LogP contribution in [0.25, 0.3) is 0 Å². The van der Waals surface area contributed by atoms with E-state index in [0.717, 1.165) is 6.42 Å². The maximum atomic E-state index is 9.04. The SMILES string of the molecule is CC(CC(C)(N)CO)N1CCCC1. The summed E-state index contributed by atoms with van der Waals surface area (Å²) in [5.41, 5.74) is 5.49. The number of likely N-dealkylation sites (tertiary alicyclic amines) is 1. The minimum Gasteiger partial charge on any atom is -0.394 e. The van der Waals surface area contributed by atoms with Gasteiger partial charge in [-0.3, -0.25) is 0 Å². The lowest BCUT2D eigenvalue weighted by atomic mass is 9.95. The van der Waals surface area contributed by atoms with Crippen LogP contribution in [0.3, 0.4) is 0 Å². The van der Waals surface area contributed by atoms with Crippen LogP contribution in [0.15, 0.2) is 0 Å². The van der Waals surface area contributed by atoms with Crippen LogP contribution in [0.2, 0.25) is 0 Å². The summed E-state index contributed by atoms with van der Waals surface area (Å²) >= 11 is 0. The predicted molar refractivity (Wildman–Crippen MR) is 54.6 cm³/mol. The summed E-state index contributed by atoms with van der Waals surface area (Å²) in [6.07, 6.45) is 3.50. The molecule has 2 atom stereocenters. The first-order chi connectivity index (χ1) is 6.05. The third kappa shape index (κ3) is 3.25. The van der Waals surface area contributed by atoms with E-state index in [1.807, 2.05) is 6.92 Å². The van der Waals surface area contributed by atoms with Crippen LogP contribution in [0.4, 0.5) is 0 Å². The van der Waals surface area contributed by atoms with Gasteiger partial charge in [0.05, 0.1) is 6.61 Å². The molecule has 1 saturated heterocycles. The number of rotatable bonds is 4. The smallest absolute Gasteiger partial charge is 0.0609 e. The molecular formula is C10H22N2O. The highest BCUT2D eigenvalue weighted by Gasteiger charge is 2.25. The Balaban J connectivity index is 2.35. The zero-order valence-electron chi connectivity index (χ0n) is 8.79. The first kappa shape index (κ1) is 11.0. The van der Waals surface area contributed by atoms with Crippen molar-refractivity contribution in [2.45, 2.75) is 44.7 Å². The van der Waals surface area contributed by atoms with E-state index < -0.39 is 5.54 Å². The van der Waals surface area contributed by atoms with Crippen molar-refractivity contribution in [2.24, 2.45) is 5.73 Å². The van der Waals surface area contributed by atoms with E-state index in [-0.39, 0.29) is 6.61 Å². The molecule has 0 amide bonds. The van der Waals surface area contributed by atoms with Crippen LogP contribution in [-0.2, 0) is 0 Å². The molecular weight excluding hydrogens is 164 g/mol. The average Bonchev–Trinajstić information content (AvgIpc) is 2.55. The van der Waals surface area contributed by atoms with Crippen molar-refractivity contribution in [3.63, 3.8) is 0 Å². The molecule has 0 aromatic carbocycles. The monoisotopic (exact) mass is 186 g/mol. The van der Waals surface area contributed by atoms with Crippen LogP contribution >= 0.6 is 0 Å². The lowest BCUT2D eigenvalue weighted by molar-refractivity contribution is 0.153. The molecule has 0 aromatic rings. The number of aliphatic hydroxyl groups is 1. The van der Waals surface area contributed by atoms with Crippen molar-refractivity contribution >= 4 is 0 Å². The van der Waals surface area contributed by atoms with Gasteiger partial charge in [0.25, 0.3) is 0 Å². The summed E-state index contributed by atoms with van der Waals surface area (Å²) in [5.74, 6) is 0. The molecule has 1 aliphatic heterocycles. The number of aliphatic hydroxyl groups excluding tert-OH is 1. The molecule has 2 unspecified atom stereocenters. The molecule has 1 heterocycles. The van der Waals surface area contributed by atoms with Gasteiger partial charge in [0.1, 0.15) is 0 Å². The van der Waals surface area contributed by atoms with Gasteiger partial charge >= 0.3 is 0 Å². The maximum absolute atomic E-state index is 9.04. The van der Waals surface area contributed by atoms with Crippen LogP contribution in [0.5, 0.6) is 0 Å². The number of hydrogen-bond acceptors (Lipinski definition) is 3. The molecule has 0 aromatic heterocycles. The Morgan fingerprint density at radius 2 is 2.00 bits per heavy atom. The molecule has 78 valence electrons. The van der Waals surface area contributed by atoms with Crippen molar-refractivity contribution in [1.29, 1.82) is 0 Å². The van der Waals surface area contributed by atoms with Crippen LogP contribution in [-0.4, -0.2) is 41.3 Å². The lowest BCUT2D eigenvalue weighted by Gasteiger charge is -2.31. The standard InChI is InChI=1S/C10H22N2O/c1-9(7-10(2,11)8-13)12-5-3-4-6-12/h9,13H,3-8,11H2,1-2H3. The summed E-state index contributed by atoms with van der Waals surface area (Å²) in [7, 11) is 0. The Bertz CT molecular complexity index is 153. The zero-order valence-corrected chi connectivity index (χ0v) is 8.79. The highest BCUT2D eigenvalue weighted by Crippen LogP contribution is 2.18. The van der Waals surface area contributed by atoms with Crippen LogP contribution in [0, 0.1) is 0 Å². The van der Waals surface area contributed by atoms with Crippen molar-refractivity contribution < 1.29 is 5.11 Å². The molecule has 0 aliphatic carbocycles. The van der Waals surface area contributed by atoms with Gasteiger partial charge < -0.3 is 15.7 Å². The molecule has 1 fully saturated rings. The van der Waals surface area contributed by atoms with E-state index in [2.05, 4.69) is 11.8 Å². The van der Waals surface area contributed by atoms with Crippen LogP contribution in [0.1, 0.15) is 33.1 Å². The van der Waals surface area contributed by atoms with Gasteiger partial charge in [-0.25, -0.2) is 0 Å². The summed E-state index contributed by atoms with van der Waals surface area (Å²) < 4.78 is 0. The third-order valence-corrected chi connectivity index (χ3v) is 2.89. The second-order valence-electron chi connectivity index (χ2n) is 4.61. The van der Waals surface area contributed by atoms with E-state index in [1.165, 1.54) is 25.9 Å². The molecule has 3 nitrogen and oxygen atoms in total. The summed E-state index contributed by atoms with van der Waals surface area (Å²) in [6.45, 7) is 6.59. The fourth-order valence-corrected chi connectivity index (χ4v) is 2.05. The molecule has 0 saturated carbocycles. The molecule has 0 bridgehead atoms. The van der Waals surface area contributed by atoms with Crippen LogP contribution < -0.4 is 5.73 Å². The Morgan fingerprint density at radius 3 is 2.46 bits per heavy atom. The fourth-order valence-electron chi connectivity index (χ4n) is 2.05. The molecule has 1 rings (SSSR count). The van der Waals surface area contributed by atoms with Gasteiger partial charge in [0.2, 0.25) is 0 Å². The second kappa shape index (κ2) is 4.40. The van der Waals surface area contributed by atoms with Gasteiger partial charge in [-0.15, -0.1) is 0 Å². The van der Waals surface area contributed by atoms with E-state index in [9.17, 15) is 0 Å². The molecule has 0 radical (unpaired) electrons. The van der Waals surface area contributed by atoms with Gasteiger partial charge in [-0.1, -0.05) is 0 Å². The molecule has 13 heavy (non-hydrogen) atoms. The van der Waals surface area contributed by atoms with Gasteiger partial charge in [-0.05, 0) is 46.2 Å². The molecule has 1 aliphatic rings. The summed E-state index contributed by atoms with van der Waals surface area (Å²) in [4.78, 5) is 2.46. The van der Waals surface area contributed by atoms with Gasteiger partial charge in [0.15, 0.2) is 0 Å². The van der Waals surface area contributed by atoms with E-state index >= 15 is 0 Å². The molecule has 0 spiro atoms. The lowest BCUT2D eigenvalue weighted by Crippen LogP contribution is -2.46. The number of hydrogen-bond donors (Lipinski definition) is 2. The zero-order chi connectivity index (χ0) is 9.90. The largest absolute Gasteiger partial charge is 0.394 e. The maximum Gasteiger partial charge on any atom is 0.0609 e. The Hall–Kier alpha value is -0.120. The normalized spacial score (nSPS) is 25.8. The Labute approximate surface area is 80.9 Å². The minimum absolute atomic E-state index is 0.0746. The average molecular weight is 186 g/mol. The van der Waals surface area contributed by atoms with Crippen molar-refractivity contribution in [1.82, 2.24) is 4.90 Å². The number of nitrogens with zero attached hydrogens (tertiary/aromatic N) is 1. The third-order valence-electron chi connectivity index (χ3n) is 2.89. The molecule has 3 N–H and O–H groups in total. The highest BCUT2D eigenvalue weighted by atomic mass is 16.3. The van der Waals surface area contributed by atoms with E-state index in [4.69, 9.17) is 10.8 Å². The first-order valence-corrected chi connectivity index (χ1v) is 5.19. The van der Waals surface area contributed by atoms with Crippen molar-refractivity contribution in [2.75, 3.05) is 19.7 Å².